The zero-order chi connectivity index (χ0) is 16.3. The van der Waals surface area contributed by atoms with Gasteiger partial charge in [-0.3, -0.25) is 4.99 Å². The Labute approximate surface area is 167 Å². The summed E-state index contributed by atoms with van der Waals surface area (Å²) in [7, 11) is 1.81. The predicted octanol–water partition coefficient (Wildman–Crippen LogP) is 3.16. The van der Waals surface area contributed by atoms with Crippen molar-refractivity contribution >= 4 is 41.3 Å². The minimum absolute atomic E-state index is 0. The summed E-state index contributed by atoms with van der Waals surface area (Å²) in [6.45, 7) is 5.42. The van der Waals surface area contributed by atoms with Crippen LogP contribution >= 0.6 is 35.3 Å². The molecule has 0 aromatic carbocycles. The number of ether oxygens (including phenoxy) is 1. The van der Waals surface area contributed by atoms with Crippen molar-refractivity contribution in [2.75, 3.05) is 33.4 Å². The smallest absolute Gasteiger partial charge is 0.190 e. The Hall–Kier alpha value is -0.410. The Morgan fingerprint density at radius 2 is 1.96 bits per heavy atom. The molecule has 1 heterocycles. The Kier molecular flexibility index (Phi) is 11.6. The number of hydrogen-bond acceptors (Lipinski definition) is 4. The molecule has 0 saturated heterocycles. The van der Waals surface area contributed by atoms with Gasteiger partial charge in [0.05, 0.1) is 10.7 Å². The van der Waals surface area contributed by atoms with E-state index in [9.17, 15) is 0 Å². The lowest BCUT2D eigenvalue weighted by Gasteiger charge is -2.11. The fourth-order valence-electron chi connectivity index (χ4n) is 2.70. The van der Waals surface area contributed by atoms with Gasteiger partial charge < -0.3 is 15.4 Å². The van der Waals surface area contributed by atoms with E-state index >= 15 is 0 Å². The van der Waals surface area contributed by atoms with Crippen LogP contribution in [-0.4, -0.2) is 44.3 Å². The number of nitrogens with zero attached hydrogens (tertiary/aromatic N) is 2. The summed E-state index contributed by atoms with van der Waals surface area (Å²) in [6, 6.07) is 0. The molecule has 0 aliphatic heterocycles. The van der Waals surface area contributed by atoms with E-state index < -0.39 is 0 Å². The van der Waals surface area contributed by atoms with Gasteiger partial charge in [-0.05, 0) is 45.4 Å². The maximum absolute atomic E-state index is 5.32. The van der Waals surface area contributed by atoms with Crippen molar-refractivity contribution in [2.24, 2.45) is 4.99 Å². The lowest BCUT2D eigenvalue weighted by molar-refractivity contribution is 0.145. The van der Waals surface area contributed by atoms with E-state index in [2.05, 4.69) is 15.6 Å². The Morgan fingerprint density at radius 1 is 1.21 bits per heavy atom. The number of aryl methyl sites for hydroxylation is 3. The highest BCUT2D eigenvalue weighted by Crippen LogP contribution is 2.27. The first-order chi connectivity index (χ1) is 11.3. The van der Waals surface area contributed by atoms with Gasteiger partial charge in [0.15, 0.2) is 5.96 Å². The van der Waals surface area contributed by atoms with Gasteiger partial charge in [0.25, 0.3) is 0 Å². The highest BCUT2D eigenvalue weighted by molar-refractivity contribution is 14.0. The first-order valence-electron chi connectivity index (χ1n) is 8.83. The molecule has 5 nitrogen and oxygen atoms in total. The summed E-state index contributed by atoms with van der Waals surface area (Å²) in [5.74, 6) is 0.875. The monoisotopic (exact) mass is 466 g/mol. The fourth-order valence-corrected chi connectivity index (χ4v) is 3.90. The van der Waals surface area contributed by atoms with Crippen LogP contribution in [-0.2, 0) is 24.0 Å². The molecule has 1 aliphatic carbocycles. The van der Waals surface area contributed by atoms with Crippen molar-refractivity contribution in [2.45, 2.75) is 51.9 Å². The maximum atomic E-state index is 5.32. The summed E-state index contributed by atoms with van der Waals surface area (Å²) in [5.41, 5.74) is 1.37. The highest BCUT2D eigenvalue weighted by atomic mass is 127. The third kappa shape index (κ3) is 7.65. The second-order valence-corrected chi connectivity index (χ2v) is 6.93. The number of nitrogens with one attached hydrogen (secondary N) is 2. The van der Waals surface area contributed by atoms with Crippen LogP contribution in [0.15, 0.2) is 4.99 Å². The van der Waals surface area contributed by atoms with Gasteiger partial charge >= 0.3 is 0 Å². The third-order valence-corrected chi connectivity index (χ3v) is 5.15. The molecule has 0 radical (unpaired) electrons. The Balaban J connectivity index is 0.00000288. The van der Waals surface area contributed by atoms with Crippen molar-refractivity contribution in [1.29, 1.82) is 0 Å². The van der Waals surface area contributed by atoms with Crippen LogP contribution in [0.25, 0.3) is 0 Å². The van der Waals surface area contributed by atoms with E-state index in [1.165, 1.54) is 41.3 Å². The van der Waals surface area contributed by atoms with E-state index in [4.69, 9.17) is 9.72 Å². The van der Waals surface area contributed by atoms with Crippen LogP contribution in [0.5, 0.6) is 0 Å². The lowest BCUT2D eigenvalue weighted by atomic mass is 10.0. The second kappa shape index (κ2) is 12.9. The molecule has 0 fully saturated rings. The maximum Gasteiger partial charge on any atom is 0.190 e. The van der Waals surface area contributed by atoms with Gasteiger partial charge in [0.2, 0.25) is 0 Å². The number of guanidine groups is 1. The fraction of sp³-hybridized carbons (Fsp3) is 0.765. The number of halogens is 1. The summed E-state index contributed by atoms with van der Waals surface area (Å²) >= 11 is 1.92. The van der Waals surface area contributed by atoms with Crippen molar-refractivity contribution in [1.82, 2.24) is 15.6 Å². The first kappa shape index (κ1) is 21.6. The van der Waals surface area contributed by atoms with Gasteiger partial charge in [-0.1, -0.05) is 0 Å². The SMILES string of the molecule is CCOCCCNC(=NC)NCCCc1nc2c(s1)CCCC2.I. The molecule has 2 N–H and O–H groups in total. The molecule has 7 heteroatoms. The van der Waals surface area contributed by atoms with Crippen LogP contribution in [0.1, 0.15) is 48.2 Å². The van der Waals surface area contributed by atoms with Gasteiger partial charge in [-0.2, -0.15) is 0 Å². The molecule has 138 valence electrons. The Morgan fingerprint density at radius 3 is 2.67 bits per heavy atom. The predicted molar refractivity (Wildman–Crippen MR) is 113 cm³/mol. The molecule has 24 heavy (non-hydrogen) atoms. The first-order valence-corrected chi connectivity index (χ1v) is 9.65. The lowest BCUT2D eigenvalue weighted by Crippen LogP contribution is -2.38. The summed E-state index contributed by atoms with van der Waals surface area (Å²) in [4.78, 5) is 10.6. The summed E-state index contributed by atoms with van der Waals surface area (Å²) in [6.07, 6.45) is 8.22. The average Bonchev–Trinajstić information content (AvgIpc) is 2.99. The molecule has 1 aromatic rings. The second-order valence-electron chi connectivity index (χ2n) is 5.76. The van der Waals surface area contributed by atoms with Crippen LogP contribution < -0.4 is 10.6 Å². The molecule has 1 aliphatic rings. The number of thiazole rings is 1. The molecule has 0 saturated carbocycles. The van der Waals surface area contributed by atoms with Gasteiger partial charge in [-0.15, -0.1) is 35.3 Å². The van der Waals surface area contributed by atoms with Crippen LogP contribution in [0.3, 0.4) is 0 Å². The van der Waals surface area contributed by atoms with Gasteiger partial charge in [-0.25, -0.2) is 4.98 Å². The van der Waals surface area contributed by atoms with Crippen LogP contribution in [0.2, 0.25) is 0 Å². The van der Waals surface area contributed by atoms with Crippen molar-refractivity contribution in [3.63, 3.8) is 0 Å². The van der Waals surface area contributed by atoms with Crippen LogP contribution in [0.4, 0.5) is 0 Å². The largest absolute Gasteiger partial charge is 0.382 e. The highest BCUT2D eigenvalue weighted by Gasteiger charge is 2.14. The Bertz CT molecular complexity index is 469. The number of aliphatic imine (C=N–C) groups is 1. The quantitative estimate of drug-likeness (QED) is 0.254. The molecule has 0 spiro atoms. The van der Waals surface area contributed by atoms with Gasteiger partial charge in [0, 0.05) is 44.6 Å². The summed E-state index contributed by atoms with van der Waals surface area (Å²) < 4.78 is 5.32. The third-order valence-electron chi connectivity index (χ3n) is 3.94. The molecular formula is C17H31IN4OS. The van der Waals surface area contributed by atoms with E-state index in [0.717, 1.165) is 51.5 Å². The molecule has 1 aromatic heterocycles. The van der Waals surface area contributed by atoms with Gasteiger partial charge in [0.1, 0.15) is 0 Å². The summed E-state index contributed by atoms with van der Waals surface area (Å²) in [5, 5.41) is 7.98. The molecular weight excluding hydrogens is 435 g/mol. The molecule has 0 unspecified atom stereocenters. The van der Waals surface area contributed by atoms with Crippen molar-refractivity contribution < 1.29 is 4.74 Å². The average molecular weight is 466 g/mol. The molecule has 2 rings (SSSR count). The van der Waals surface area contributed by atoms with E-state index in [-0.39, 0.29) is 24.0 Å². The van der Waals surface area contributed by atoms with E-state index in [1.807, 2.05) is 25.3 Å². The number of rotatable bonds is 9. The molecule has 0 atom stereocenters. The topological polar surface area (TPSA) is 58.5 Å². The number of hydrogen-bond donors (Lipinski definition) is 2. The standard InChI is InChI=1S/C17H30N4OS.HI/c1-3-22-13-7-12-20-17(18-2)19-11-6-10-16-21-14-8-4-5-9-15(14)23-16;/h3-13H2,1-2H3,(H2,18,19,20);1H. The minimum atomic E-state index is 0. The molecule has 0 amide bonds. The molecule has 0 bridgehead atoms. The van der Waals surface area contributed by atoms with E-state index in [0.29, 0.717) is 0 Å². The normalized spacial score (nSPS) is 14.0. The number of fused-ring (bicyclic) bond motifs is 1. The van der Waals surface area contributed by atoms with Crippen LogP contribution in [0, 0.1) is 0 Å². The zero-order valence-corrected chi connectivity index (χ0v) is 18.0. The van der Waals surface area contributed by atoms with Crippen molar-refractivity contribution in [3.8, 4) is 0 Å². The van der Waals surface area contributed by atoms with Crippen molar-refractivity contribution in [3.05, 3.63) is 15.6 Å². The van der Waals surface area contributed by atoms with E-state index in [1.54, 1.807) is 0 Å². The zero-order valence-electron chi connectivity index (χ0n) is 14.9. The number of aromatic nitrogens is 1. The minimum Gasteiger partial charge on any atom is -0.382 e.